The maximum Gasteiger partial charge on any atom is 0.408 e. The van der Waals surface area contributed by atoms with Gasteiger partial charge >= 0.3 is 12.2 Å². The lowest BCUT2D eigenvalue weighted by Gasteiger charge is -2.33. The summed E-state index contributed by atoms with van der Waals surface area (Å²) in [5, 5.41) is 39.7. The van der Waals surface area contributed by atoms with Gasteiger partial charge in [0.05, 0.1) is 24.3 Å². The molecule has 0 fully saturated rings. The molecule has 1 aromatic heterocycles. The minimum Gasteiger partial charge on any atom is -0.465 e. The number of aromatic nitrogens is 1. The Kier molecular flexibility index (Phi) is 11.0. The average Bonchev–Trinajstić information content (AvgIpc) is 3.40. The first-order valence-corrected chi connectivity index (χ1v) is 14.7. The van der Waals surface area contributed by atoms with Gasteiger partial charge in [-0.15, -0.1) is 0 Å². The average molecular weight is 603 g/mol. The molecule has 6 N–H and O–H groups in total. The van der Waals surface area contributed by atoms with Gasteiger partial charge in [0.1, 0.15) is 5.60 Å². The monoisotopic (exact) mass is 602 g/mol. The zero-order valence-corrected chi connectivity index (χ0v) is 25.3. The number of carbonyl (C=O) groups is 2. The predicted octanol–water partition coefficient (Wildman–Crippen LogP) is 4.84. The molecule has 4 atom stereocenters. The number of carbonyl (C=O) groups excluding carboxylic acids is 1. The SMILES string of the molecule is CC(C)(C)OC(=O)N[C@@H](Cc1ccccc1)[C@H](O)CNC[C@@H](O)[C@H](c1c[nH]c2ccccc12)N(Cc1ccccc1)C(=O)O. The topological polar surface area (TPSA) is 147 Å². The van der Waals surface area contributed by atoms with E-state index in [4.69, 9.17) is 4.74 Å². The zero-order valence-electron chi connectivity index (χ0n) is 25.3. The Labute approximate surface area is 257 Å². The molecule has 1 heterocycles. The molecule has 10 nitrogen and oxygen atoms in total. The summed E-state index contributed by atoms with van der Waals surface area (Å²) in [7, 11) is 0. The van der Waals surface area contributed by atoms with E-state index in [-0.39, 0.29) is 19.6 Å². The molecule has 0 spiro atoms. The van der Waals surface area contributed by atoms with E-state index in [0.29, 0.717) is 12.0 Å². The van der Waals surface area contributed by atoms with Gasteiger partial charge in [-0.1, -0.05) is 78.9 Å². The van der Waals surface area contributed by atoms with Crippen LogP contribution in [0.3, 0.4) is 0 Å². The fraction of sp³-hybridized carbons (Fsp3) is 0.353. The van der Waals surface area contributed by atoms with Crippen LogP contribution in [-0.2, 0) is 17.7 Å². The minimum atomic E-state index is -1.17. The highest BCUT2D eigenvalue weighted by Gasteiger charge is 2.33. The van der Waals surface area contributed by atoms with Crippen molar-refractivity contribution in [2.24, 2.45) is 0 Å². The summed E-state index contributed by atoms with van der Waals surface area (Å²) in [6.07, 6.45) is -1.95. The van der Waals surface area contributed by atoms with Gasteiger partial charge in [0, 0.05) is 42.3 Å². The third-order valence-corrected chi connectivity index (χ3v) is 7.25. The maximum atomic E-state index is 12.6. The van der Waals surface area contributed by atoms with Crippen molar-refractivity contribution in [3.8, 4) is 0 Å². The predicted molar refractivity (Wildman–Crippen MR) is 169 cm³/mol. The standard InChI is InChI=1S/C34H42N4O6/c1-34(2,3)44-32(41)37-28(18-23-12-6-4-7-13-23)29(39)20-35-21-30(40)31(26-19-36-27-17-11-10-16-25(26)27)38(33(42)43)22-24-14-8-5-9-15-24/h4-17,19,28-31,35-36,39-40H,18,20-22H2,1-3H3,(H,37,41)(H,42,43)/t28-,29+,30+,31-/m0/s1. The van der Waals surface area contributed by atoms with Gasteiger partial charge in [-0.25, -0.2) is 9.59 Å². The summed E-state index contributed by atoms with van der Waals surface area (Å²) in [5.41, 5.74) is 2.46. The van der Waals surface area contributed by atoms with Crippen LogP contribution in [0.4, 0.5) is 9.59 Å². The molecule has 2 amide bonds. The highest BCUT2D eigenvalue weighted by molar-refractivity contribution is 5.84. The van der Waals surface area contributed by atoms with Crippen molar-refractivity contribution in [2.75, 3.05) is 13.1 Å². The van der Waals surface area contributed by atoms with Crippen LogP contribution in [0.2, 0.25) is 0 Å². The van der Waals surface area contributed by atoms with Gasteiger partial charge in [0.2, 0.25) is 0 Å². The van der Waals surface area contributed by atoms with Crippen molar-refractivity contribution < 1.29 is 29.6 Å². The van der Waals surface area contributed by atoms with E-state index in [0.717, 1.165) is 22.0 Å². The lowest BCUT2D eigenvalue weighted by atomic mass is 9.97. The molecule has 4 aromatic rings. The number of nitrogens with zero attached hydrogens (tertiary/aromatic N) is 1. The number of fused-ring (bicyclic) bond motifs is 1. The number of aliphatic hydroxyl groups is 2. The number of ether oxygens (including phenoxy) is 1. The van der Waals surface area contributed by atoms with Crippen molar-refractivity contribution in [1.29, 1.82) is 0 Å². The minimum absolute atomic E-state index is 0.0235. The first-order chi connectivity index (χ1) is 21.0. The largest absolute Gasteiger partial charge is 0.465 e. The third-order valence-electron chi connectivity index (χ3n) is 7.25. The second-order valence-electron chi connectivity index (χ2n) is 11.9. The highest BCUT2D eigenvalue weighted by Crippen LogP contribution is 2.32. The van der Waals surface area contributed by atoms with Crippen LogP contribution in [0, 0.1) is 0 Å². The van der Waals surface area contributed by atoms with E-state index in [9.17, 15) is 24.9 Å². The number of hydrogen-bond donors (Lipinski definition) is 6. The Bertz CT molecular complexity index is 1490. The number of alkyl carbamates (subject to hydrolysis) is 1. The van der Waals surface area contributed by atoms with Crippen molar-refractivity contribution in [3.63, 3.8) is 0 Å². The van der Waals surface area contributed by atoms with Gasteiger partial charge in [0.15, 0.2) is 0 Å². The first-order valence-electron chi connectivity index (χ1n) is 14.7. The summed E-state index contributed by atoms with van der Waals surface area (Å²) in [5.74, 6) is 0. The number of aromatic amines is 1. The molecule has 0 bridgehead atoms. The molecular formula is C34H42N4O6. The van der Waals surface area contributed by atoms with Gasteiger partial charge in [-0.2, -0.15) is 0 Å². The van der Waals surface area contributed by atoms with Crippen LogP contribution in [0.25, 0.3) is 10.9 Å². The van der Waals surface area contributed by atoms with Gasteiger partial charge in [0.25, 0.3) is 0 Å². The number of H-pyrrole nitrogens is 1. The van der Waals surface area contributed by atoms with E-state index in [2.05, 4.69) is 15.6 Å². The summed E-state index contributed by atoms with van der Waals surface area (Å²) in [6, 6.07) is 24.6. The maximum absolute atomic E-state index is 12.6. The molecule has 4 rings (SSSR count). The Morgan fingerprint density at radius 2 is 1.45 bits per heavy atom. The van der Waals surface area contributed by atoms with E-state index < -0.39 is 42.1 Å². The molecule has 44 heavy (non-hydrogen) atoms. The normalized spacial score (nSPS) is 14.4. The van der Waals surface area contributed by atoms with Gasteiger partial charge in [-0.3, -0.25) is 4.90 Å². The van der Waals surface area contributed by atoms with E-state index in [1.807, 2.05) is 84.9 Å². The van der Waals surface area contributed by atoms with Crippen LogP contribution in [0.1, 0.15) is 43.5 Å². The molecule has 0 radical (unpaired) electrons. The molecule has 0 aliphatic carbocycles. The number of benzene rings is 3. The van der Waals surface area contributed by atoms with E-state index in [1.165, 1.54) is 4.90 Å². The van der Waals surface area contributed by atoms with Crippen molar-refractivity contribution in [2.45, 2.75) is 63.6 Å². The van der Waals surface area contributed by atoms with Gasteiger partial charge in [-0.05, 0) is 44.4 Å². The van der Waals surface area contributed by atoms with Crippen LogP contribution in [0.5, 0.6) is 0 Å². The van der Waals surface area contributed by atoms with Crippen LogP contribution in [0.15, 0.2) is 91.1 Å². The number of nitrogens with one attached hydrogen (secondary N) is 3. The van der Waals surface area contributed by atoms with Crippen LogP contribution in [-0.4, -0.2) is 74.3 Å². The number of aliphatic hydroxyl groups excluding tert-OH is 2. The number of para-hydroxylation sites is 1. The molecular weight excluding hydrogens is 560 g/mol. The van der Waals surface area contributed by atoms with E-state index in [1.54, 1.807) is 27.0 Å². The number of rotatable bonds is 13. The molecule has 0 saturated heterocycles. The molecule has 0 aliphatic rings. The quantitative estimate of drug-likeness (QED) is 0.128. The number of carboxylic acid groups (broad SMARTS) is 1. The fourth-order valence-corrected chi connectivity index (χ4v) is 5.23. The fourth-order valence-electron chi connectivity index (χ4n) is 5.23. The summed E-state index contributed by atoms with van der Waals surface area (Å²) >= 11 is 0. The molecule has 0 aliphatic heterocycles. The van der Waals surface area contributed by atoms with Crippen molar-refractivity contribution in [3.05, 3.63) is 108 Å². The summed E-state index contributed by atoms with van der Waals surface area (Å²) in [4.78, 5) is 29.6. The third kappa shape index (κ3) is 9.06. The van der Waals surface area contributed by atoms with Crippen molar-refractivity contribution in [1.82, 2.24) is 20.5 Å². The van der Waals surface area contributed by atoms with Gasteiger partial charge < -0.3 is 35.7 Å². The van der Waals surface area contributed by atoms with Crippen LogP contribution >= 0.6 is 0 Å². The smallest absolute Gasteiger partial charge is 0.408 e. The zero-order chi connectivity index (χ0) is 31.7. The Morgan fingerprint density at radius 3 is 2.09 bits per heavy atom. The summed E-state index contributed by atoms with van der Waals surface area (Å²) < 4.78 is 5.42. The summed E-state index contributed by atoms with van der Waals surface area (Å²) in [6.45, 7) is 5.36. The highest BCUT2D eigenvalue weighted by atomic mass is 16.6. The molecule has 3 aromatic carbocycles. The number of amides is 2. The Hall–Kier alpha value is -4.38. The number of hydrogen-bond acceptors (Lipinski definition) is 6. The molecule has 0 saturated carbocycles. The Balaban J connectivity index is 1.51. The first kappa shape index (κ1) is 32.5. The second kappa shape index (κ2) is 14.9. The molecule has 234 valence electrons. The second-order valence-corrected chi connectivity index (χ2v) is 11.9. The lowest BCUT2D eigenvalue weighted by Crippen LogP contribution is -2.51. The van der Waals surface area contributed by atoms with E-state index >= 15 is 0 Å². The molecule has 10 heteroatoms. The lowest BCUT2D eigenvalue weighted by molar-refractivity contribution is 0.0363. The Morgan fingerprint density at radius 1 is 0.864 bits per heavy atom. The molecule has 0 unspecified atom stereocenters. The van der Waals surface area contributed by atoms with Crippen molar-refractivity contribution >= 4 is 23.1 Å². The van der Waals surface area contributed by atoms with Crippen LogP contribution < -0.4 is 10.6 Å².